The maximum atomic E-state index is 11.7. The maximum absolute atomic E-state index is 11.7. The molecule has 0 aliphatic heterocycles. The van der Waals surface area contributed by atoms with Gasteiger partial charge in [-0.3, -0.25) is 14.8 Å². The largest absolute Gasteiger partial charge is 0.512 e. The Kier molecular flexibility index (Phi) is 12.7. The summed E-state index contributed by atoms with van der Waals surface area (Å²) in [5.74, 6) is 0.547. The molecule has 2 aromatic heterocycles. The number of hydrogen-bond donors (Lipinski definition) is 1. The average Bonchev–Trinajstić information content (AvgIpc) is 3.43. The van der Waals surface area contributed by atoms with Crippen molar-refractivity contribution in [1.29, 1.82) is 0 Å². The van der Waals surface area contributed by atoms with Crippen LogP contribution in [0.5, 0.6) is 0 Å². The summed E-state index contributed by atoms with van der Waals surface area (Å²) in [5, 5.41) is 12.1. The zero-order valence-corrected chi connectivity index (χ0v) is 35.9. The van der Waals surface area contributed by atoms with E-state index in [1.165, 1.54) is 28.2 Å². The molecule has 1 aliphatic rings. The number of carbonyl (C=O) groups excluding carboxylic acids is 1. The quantitative estimate of drug-likeness (QED) is 0.0907. The van der Waals surface area contributed by atoms with E-state index in [0.717, 1.165) is 83.1 Å². The number of aliphatic hydroxyl groups is 1. The van der Waals surface area contributed by atoms with Crippen LogP contribution in [0.4, 0.5) is 0 Å². The standard InChI is InChI=1S/C33H35N2O.C13H24O2.Ir/c1-31(2,3)17-19-13-15-21-25-26-22(16-14-20(18-32(4,5)6)29(26)36-28(19)25)33(7,8)30-27(21)34-23-11-9-10-12-24(23)35-30;1-5-10(6-2)12(14)9-13(15)11(7-3)8-4;/h9-14,16H,17-18H2,1-8H3;9-11,14H,5-8H2,1-4H3;/q-1;;/b;12-9-;. The minimum Gasteiger partial charge on any atom is -0.512 e. The minimum absolute atomic E-state index is 0. The van der Waals surface area contributed by atoms with Gasteiger partial charge in [0.25, 0.3) is 0 Å². The summed E-state index contributed by atoms with van der Waals surface area (Å²) in [5.41, 5.74) is 10.4. The van der Waals surface area contributed by atoms with Gasteiger partial charge in [0, 0.05) is 54.8 Å². The van der Waals surface area contributed by atoms with Crippen molar-refractivity contribution in [2.75, 3.05) is 0 Å². The van der Waals surface area contributed by atoms with Gasteiger partial charge in [-0.2, -0.15) is 0 Å². The number of rotatable bonds is 9. The molecule has 1 aliphatic carbocycles. The molecule has 2 heterocycles. The van der Waals surface area contributed by atoms with Crippen LogP contribution in [-0.4, -0.2) is 20.9 Å². The predicted octanol–water partition coefficient (Wildman–Crippen LogP) is 12.7. The number of aromatic nitrogens is 2. The van der Waals surface area contributed by atoms with Gasteiger partial charge in [0.2, 0.25) is 0 Å². The molecule has 6 heteroatoms. The van der Waals surface area contributed by atoms with Crippen LogP contribution in [0.15, 0.2) is 58.7 Å². The number of furan rings is 1. The van der Waals surface area contributed by atoms with E-state index in [-0.39, 0.29) is 59.7 Å². The molecule has 0 fully saturated rings. The van der Waals surface area contributed by atoms with Gasteiger partial charge < -0.3 is 9.52 Å². The summed E-state index contributed by atoms with van der Waals surface area (Å²) < 4.78 is 6.89. The molecular weight excluding hydrogens is 821 g/mol. The number of carbonyl (C=O) groups is 1. The summed E-state index contributed by atoms with van der Waals surface area (Å²) in [6, 6.07) is 18.6. The molecule has 0 amide bonds. The zero-order chi connectivity index (χ0) is 37.5. The van der Waals surface area contributed by atoms with Crippen LogP contribution in [0.2, 0.25) is 0 Å². The predicted molar refractivity (Wildman–Crippen MR) is 213 cm³/mol. The first-order valence-electron chi connectivity index (χ1n) is 19.1. The van der Waals surface area contributed by atoms with Gasteiger partial charge in [0.15, 0.2) is 5.78 Å². The number of hydrogen-bond acceptors (Lipinski definition) is 5. The Labute approximate surface area is 325 Å². The number of para-hydroxylation sites is 2. The van der Waals surface area contributed by atoms with E-state index in [1.807, 2.05) is 45.9 Å². The smallest absolute Gasteiger partial charge is 0.162 e. The van der Waals surface area contributed by atoms with Crippen molar-refractivity contribution in [1.82, 2.24) is 9.97 Å². The molecule has 0 unspecified atom stereocenters. The van der Waals surface area contributed by atoms with Crippen molar-refractivity contribution in [3.8, 4) is 11.3 Å². The molecule has 3 aromatic carbocycles. The summed E-state index contributed by atoms with van der Waals surface area (Å²) in [4.78, 5) is 22.1. The van der Waals surface area contributed by atoms with E-state index in [1.54, 1.807) is 0 Å². The number of benzene rings is 3. The topological polar surface area (TPSA) is 76.2 Å². The monoisotopic (exact) mass is 880 g/mol. The van der Waals surface area contributed by atoms with Gasteiger partial charge in [-0.15, -0.1) is 17.7 Å². The van der Waals surface area contributed by atoms with Gasteiger partial charge >= 0.3 is 0 Å². The fraction of sp³-hybridized carbons (Fsp3) is 0.500. The first kappa shape index (κ1) is 41.4. The Morgan fingerprint density at radius 2 is 1.35 bits per heavy atom. The normalized spacial score (nSPS) is 14.1. The van der Waals surface area contributed by atoms with Crippen molar-refractivity contribution >= 4 is 38.8 Å². The summed E-state index contributed by atoms with van der Waals surface area (Å²) in [6.07, 6.45) is 6.78. The van der Waals surface area contributed by atoms with E-state index in [2.05, 4.69) is 85.7 Å². The van der Waals surface area contributed by atoms with Gasteiger partial charge in [0.1, 0.15) is 5.58 Å². The van der Waals surface area contributed by atoms with Gasteiger partial charge in [-0.05, 0) is 71.6 Å². The minimum atomic E-state index is -0.348. The molecular formula is C46H59IrN2O3-. The molecule has 281 valence electrons. The van der Waals surface area contributed by atoms with Crippen molar-refractivity contribution in [3.63, 3.8) is 0 Å². The Bertz CT molecular complexity index is 2080. The SMILES string of the molecule is CC(C)(C)Cc1c[c-]c2c3c1oc1c(CC(C)(C)C)ccc(c13)C(C)(C)c1nc3ccccc3nc1-2.CCC(CC)C(=O)/C=C(\O)C(CC)CC.[Ir]. The molecule has 0 atom stereocenters. The van der Waals surface area contributed by atoms with Gasteiger partial charge in [-0.1, -0.05) is 125 Å². The third-order valence-corrected chi connectivity index (χ3v) is 10.4. The maximum Gasteiger partial charge on any atom is 0.162 e. The third-order valence-electron chi connectivity index (χ3n) is 10.4. The number of aliphatic hydroxyl groups excluding tert-OH is 1. The van der Waals surface area contributed by atoms with Crippen molar-refractivity contribution in [2.24, 2.45) is 22.7 Å². The second-order valence-electron chi connectivity index (χ2n) is 17.5. The molecule has 0 spiro atoms. The molecule has 1 N–H and O–H groups in total. The zero-order valence-electron chi connectivity index (χ0n) is 33.5. The molecule has 1 radical (unpaired) electrons. The summed E-state index contributed by atoms with van der Waals surface area (Å²) >= 11 is 0. The summed E-state index contributed by atoms with van der Waals surface area (Å²) in [7, 11) is 0. The van der Waals surface area contributed by atoms with Crippen molar-refractivity contribution in [3.05, 3.63) is 82.8 Å². The molecule has 0 saturated carbocycles. The Morgan fingerprint density at radius 3 is 1.90 bits per heavy atom. The number of allylic oxidation sites excluding steroid dienone is 2. The Morgan fingerprint density at radius 1 is 0.808 bits per heavy atom. The second kappa shape index (κ2) is 15.9. The Hall–Kier alpha value is -3.34. The molecule has 5 aromatic rings. The number of ketones is 1. The average molecular weight is 880 g/mol. The molecule has 52 heavy (non-hydrogen) atoms. The van der Waals surface area contributed by atoms with Crippen LogP contribution >= 0.6 is 0 Å². The van der Waals surface area contributed by atoms with E-state index in [4.69, 9.17) is 14.4 Å². The Balaban J connectivity index is 0.000000323. The van der Waals surface area contributed by atoms with Crippen molar-refractivity contribution in [2.45, 2.75) is 127 Å². The molecule has 0 saturated heterocycles. The molecule has 6 rings (SSSR count). The number of fused-ring (bicyclic) bond motifs is 3. The van der Waals surface area contributed by atoms with Crippen LogP contribution in [-0.2, 0) is 43.2 Å². The van der Waals surface area contributed by atoms with Gasteiger partial charge in [0.05, 0.1) is 22.4 Å². The van der Waals surface area contributed by atoms with Gasteiger partial charge in [-0.25, -0.2) is 0 Å². The van der Waals surface area contributed by atoms with E-state index >= 15 is 0 Å². The van der Waals surface area contributed by atoms with Crippen LogP contribution in [0.3, 0.4) is 0 Å². The fourth-order valence-electron chi connectivity index (χ4n) is 7.66. The number of nitrogens with zero attached hydrogens (tertiary/aromatic N) is 2. The van der Waals surface area contributed by atoms with E-state index in [9.17, 15) is 9.90 Å². The first-order chi connectivity index (χ1) is 23.9. The molecule has 5 nitrogen and oxygen atoms in total. The summed E-state index contributed by atoms with van der Waals surface area (Å²) in [6.45, 7) is 26.3. The van der Waals surface area contributed by atoms with Crippen molar-refractivity contribution < 1.29 is 34.4 Å². The van der Waals surface area contributed by atoms with Crippen LogP contribution in [0.25, 0.3) is 44.2 Å². The van der Waals surface area contributed by atoms with Crippen LogP contribution < -0.4 is 0 Å². The van der Waals surface area contributed by atoms with Crippen LogP contribution in [0, 0.1) is 28.7 Å². The van der Waals surface area contributed by atoms with Crippen LogP contribution in [0.1, 0.15) is 131 Å². The second-order valence-corrected chi connectivity index (χ2v) is 17.5. The van der Waals surface area contributed by atoms with E-state index in [0.29, 0.717) is 0 Å². The first-order valence-corrected chi connectivity index (χ1v) is 19.1. The van der Waals surface area contributed by atoms with E-state index < -0.39 is 0 Å². The third kappa shape index (κ3) is 8.39. The fourth-order valence-corrected chi connectivity index (χ4v) is 7.66. The molecule has 0 bridgehead atoms.